The molecule has 76 valence electrons. The van der Waals surface area contributed by atoms with E-state index >= 15 is 0 Å². The van der Waals surface area contributed by atoms with Crippen LogP contribution in [0.1, 0.15) is 15.9 Å². The first-order valence-electron chi connectivity index (χ1n) is 4.21. The van der Waals surface area contributed by atoms with Crippen LogP contribution in [0.5, 0.6) is 5.75 Å². The van der Waals surface area contributed by atoms with Gasteiger partial charge in [0.15, 0.2) is 0 Å². The summed E-state index contributed by atoms with van der Waals surface area (Å²) in [5, 5.41) is 2.59. The monoisotopic (exact) mass is 257 g/mol. The fraction of sp³-hybridized carbons (Fsp3) is 0.300. The van der Waals surface area contributed by atoms with E-state index in [0.29, 0.717) is 11.1 Å². The van der Waals surface area contributed by atoms with Crippen molar-refractivity contribution >= 4 is 21.8 Å². The number of rotatable bonds is 3. The van der Waals surface area contributed by atoms with Crippen LogP contribution in [0.3, 0.4) is 0 Å². The summed E-state index contributed by atoms with van der Waals surface area (Å²) in [4.78, 5) is 11.4. The quantitative estimate of drug-likeness (QED) is 0.843. The highest BCUT2D eigenvalue weighted by molar-refractivity contribution is 9.09. The third kappa shape index (κ3) is 2.26. The molecular weight excluding hydrogens is 246 g/mol. The predicted octanol–water partition coefficient (Wildman–Crippen LogP) is 2.09. The Morgan fingerprint density at radius 2 is 2.29 bits per heavy atom. The fourth-order valence-electron chi connectivity index (χ4n) is 1.21. The molecule has 3 nitrogen and oxygen atoms in total. The van der Waals surface area contributed by atoms with Crippen molar-refractivity contribution in [2.24, 2.45) is 0 Å². The van der Waals surface area contributed by atoms with E-state index in [0.717, 1.165) is 11.3 Å². The van der Waals surface area contributed by atoms with Crippen molar-refractivity contribution < 1.29 is 9.53 Å². The van der Waals surface area contributed by atoms with Gasteiger partial charge in [-0.15, -0.1) is 0 Å². The number of alkyl halides is 1. The lowest BCUT2D eigenvalue weighted by Gasteiger charge is -2.09. The van der Waals surface area contributed by atoms with Crippen LogP contribution in [-0.4, -0.2) is 18.5 Å². The zero-order valence-corrected chi connectivity index (χ0v) is 9.72. The number of ether oxygens (including phenoxy) is 1. The number of hydrogen-bond acceptors (Lipinski definition) is 2. The molecule has 0 heterocycles. The summed E-state index contributed by atoms with van der Waals surface area (Å²) < 4.78 is 5.31. The third-order valence-electron chi connectivity index (χ3n) is 1.97. The van der Waals surface area contributed by atoms with Gasteiger partial charge >= 0.3 is 0 Å². The zero-order chi connectivity index (χ0) is 10.6. The molecule has 0 atom stereocenters. The second-order valence-electron chi connectivity index (χ2n) is 2.76. The van der Waals surface area contributed by atoms with Crippen LogP contribution in [0.2, 0.25) is 0 Å². The standard InChI is InChI=1S/C10H12BrNO2/c1-7-8(10(13)12-2)4-3-5-9(7)14-6-11/h3-5H,6H2,1-2H3,(H,12,13). The van der Waals surface area contributed by atoms with Crippen molar-refractivity contribution in [1.29, 1.82) is 0 Å². The second kappa shape index (κ2) is 5.00. The van der Waals surface area contributed by atoms with Gasteiger partial charge in [0.25, 0.3) is 5.91 Å². The van der Waals surface area contributed by atoms with Gasteiger partial charge < -0.3 is 10.1 Å². The molecule has 0 aromatic heterocycles. The number of carbonyl (C=O) groups excluding carboxylic acids is 1. The Morgan fingerprint density at radius 1 is 1.57 bits per heavy atom. The first kappa shape index (κ1) is 11.0. The minimum absolute atomic E-state index is 0.0949. The lowest BCUT2D eigenvalue weighted by atomic mass is 10.1. The Bertz CT molecular complexity index is 339. The molecule has 14 heavy (non-hydrogen) atoms. The van der Waals surface area contributed by atoms with E-state index in [1.54, 1.807) is 19.2 Å². The Kier molecular flexibility index (Phi) is 3.95. The average Bonchev–Trinajstić information content (AvgIpc) is 2.20. The Labute approximate surface area is 91.6 Å². The summed E-state index contributed by atoms with van der Waals surface area (Å²) in [5.74, 6) is 0.630. The van der Waals surface area contributed by atoms with Gasteiger partial charge in [0.2, 0.25) is 0 Å². The normalized spacial score (nSPS) is 9.64. The van der Waals surface area contributed by atoms with Crippen molar-refractivity contribution in [2.75, 3.05) is 12.6 Å². The van der Waals surface area contributed by atoms with Crippen LogP contribution < -0.4 is 10.1 Å². The van der Waals surface area contributed by atoms with Crippen LogP contribution in [0.25, 0.3) is 0 Å². The predicted molar refractivity (Wildman–Crippen MR) is 59.0 cm³/mol. The van der Waals surface area contributed by atoms with Crippen molar-refractivity contribution in [3.05, 3.63) is 29.3 Å². The molecule has 0 aliphatic heterocycles. The number of hydrogen-bond donors (Lipinski definition) is 1. The first-order valence-corrected chi connectivity index (χ1v) is 5.33. The van der Waals surface area contributed by atoms with E-state index in [4.69, 9.17) is 4.74 Å². The minimum atomic E-state index is -0.0949. The SMILES string of the molecule is CNC(=O)c1cccc(OCBr)c1C. The van der Waals surface area contributed by atoms with Gasteiger partial charge in [0, 0.05) is 18.2 Å². The molecule has 1 aromatic rings. The zero-order valence-electron chi connectivity index (χ0n) is 8.13. The molecule has 1 aromatic carbocycles. The van der Waals surface area contributed by atoms with Gasteiger partial charge in [0.05, 0.1) is 0 Å². The van der Waals surface area contributed by atoms with E-state index in [1.165, 1.54) is 0 Å². The summed E-state index contributed by atoms with van der Waals surface area (Å²) >= 11 is 3.18. The average molecular weight is 258 g/mol. The molecule has 0 spiro atoms. The molecular formula is C10H12BrNO2. The summed E-state index contributed by atoms with van der Waals surface area (Å²) in [6.07, 6.45) is 0. The number of halogens is 1. The minimum Gasteiger partial charge on any atom is -0.482 e. The molecule has 0 bridgehead atoms. The van der Waals surface area contributed by atoms with Gasteiger partial charge in [-0.25, -0.2) is 0 Å². The molecule has 0 aliphatic carbocycles. The maximum Gasteiger partial charge on any atom is 0.251 e. The molecule has 1 rings (SSSR count). The van der Waals surface area contributed by atoms with E-state index < -0.39 is 0 Å². The van der Waals surface area contributed by atoms with Gasteiger partial charge in [-0.3, -0.25) is 4.79 Å². The maximum absolute atomic E-state index is 11.4. The molecule has 4 heteroatoms. The van der Waals surface area contributed by atoms with Crippen LogP contribution in [-0.2, 0) is 0 Å². The Hall–Kier alpha value is -1.03. The van der Waals surface area contributed by atoms with Crippen molar-refractivity contribution in [2.45, 2.75) is 6.92 Å². The van der Waals surface area contributed by atoms with Crippen LogP contribution >= 0.6 is 15.9 Å². The highest BCUT2D eigenvalue weighted by Crippen LogP contribution is 2.21. The van der Waals surface area contributed by atoms with Gasteiger partial charge in [-0.05, 0) is 35.0 Å². The van der Waals surface area contributed by atoms with Crippen LogP contribution in [0, 0.1) is 6.92 Å². The lowest BCUT2D eigenvalue weighted by molar-refractivity contribution is 0.0962. The van der Waals surface area contributed by atoms with Gasteiger partial charge in [-0.2, -0.15) is 0 Å². The van der Waals surface area contributed by atoms with E-state index in [9.17, 15) is 4.79 Å². The number of benzene rings is 1. The summed E-state index contributed by atoms with van der Waals surface area (Å²) in [5.41, 5.74) is 1.92. The largest absolute Gasteiger partial charge is 0.482 e. The Balaban J connectivity index is 3.07. The van der Waals surface area contributed by atoms with Gasteiger partial charge in [-0.1, -0.05) is 6.07 Å². The third-order valence-corrected chi connectivity index (χ3v) is 2.19. The smallest absolute Gasteiger partial charge is 0.251 e. The first-order chi connectivity index (χ1) is 6.70. The lowest BCUT2D eigenvalue weighted by Crippen LogP contribution is -2.19. The van der Waals surface area contributed by atoms with E-state index in [1.807, 2.05) is 13.0 Å². The highest BCUT2D eigenvalue weighted by atomic mass is 79.9. The van der Waals surface area contributed by atoms with Gasteiger partial charge in [0.1, 0.15) is 11.3 Å². The van der Waals surface area contributed by atoms with Crippen molar-refractivity contribution in [3.63, 3.8) is 0 Å². The molecule has 0 aliphatic rings. The van der Waals surface area contributed by atoms with E-state index in [-0.39, 0.29) is 5.91 Å². The van der Waals surface area contributed by atoms with Crippen molar-refractivity contribution in [1.82, 2.24) is 5.32 Å². The molecule has 0 saturated heterocycles. The highest BCUT2D eigenvalue weighted by Gasteiger charge is 2.10. The van der Waals surface area contributed by atoms with Crippen molar-refractivity contribution in [3.8, 4) is 5.75 Å². The summed E-state index contributed by atoms with van der Waals surface area (Å²) in [7, 11) is 1.61. The number of carbonyl (C=O) groups is 1. The molecule has 0 unspecified atom stereocenters. The number of amides is 1. The van der Waals surface area contributed by atoms with Crippen LogP contribution in [0.15, 0.2) is 18.2 Å². The van der Waals surface area contributed by atoms with E-state index in [2.05, 4.69) is 21.2 Å². The molecule has 0 radical (unpaired) electrons. The maximum atomic E-state index is 11.4. The van der Waals surface area contributed by atoms with Crippen LogP contribution in [0.4, 0.5) is 0 Å². The molecule has 1 amide bonds. The summed E-state index contributed by atoms with van der Waals surface area (Å²) in [6, 6.07) is 5.41. The Morgan fingerprint density at radius 3 is 2.86 bits per heavy atom. The topological polar surface area (TPSA) is 38.3 Å². The second-order valence-corrected chi connectivity index (χ2v) is 3.22. The number of nitrogens with one attached hydrogen (secondary N) is 1. The molecule has 0 saturated carbocycles. The summed E-state index contributed by atoms with van der Waals surface area (Å²) in [6.45, 7) is 1.86. The fourth-order valence-corrected chi connectivity index (χ4v) is 1.46. The molecule has 0 fully saturated rings. The molecule has 1 N–H and O–H groups in total.